The molecule has 6 heteroatoms. The van der Waals surface area contributed by atoms with E-state index in [2.05, 4.69) is 31.9 Å². The third kappa shape index (κ3) is 1.99. The van der Waals surface area contributed by atoms with E-state index in [1.54, 1.807) is 0 Å². The Morgan fingerprint density at radius 3 is 2.91 bits per heavy atom. The summed E-state index contributed by atoms with van der Waals surface area (Å²) >= 11 is 0. The first-order valence-corrected chi connectivity index (χ1v) is 7.39. The third-order valence-electron chi connectivity index (χ3n) is 4.23. The van der Waals surface area contributed by atoms with Crippen molar-refractivity contribution in [2.24, 2.45) is 0 Å². The van der Waals surface area contributed by atoms with Crippen LogP contribution in [0.2, 0.25) is 0 Å². The fourth-order valence-electron chi connectivity index (χ4n) is 3.00. The molecule has 22 heavy (non-hydrogen) atoms. The van der Waals surface area contributed by atoms with Crippen molar-refractivity contribution in [1.82, 2.24) is 24.6 Å². The molecule has 0 bridgehead atoms. The zero-order valence-corrected chi connectivity index (χ0v) is 12.6. The smallest absolute Gasteiger partial charge is 0.270 e. The van der Waals surface area contributed by atoms with Crippen LogP contribution in [-0.4, -0.2) is 37.1 Å². The first-order valence-electron chi connectivity index (χ1n) is 7.39. The van der Waals surface area contributed by atoms with Crippen LogP contribution in [0, 0.1) is 13.8 Å². The highest BCUT2D eigenvalue weighted by Gasteiger charge is 2.25. The van der Waals surface area contributed by atoms with Gasteiger partial charge < -0.3 is 14.5 Å². The Balaban J connectivity index is 1.63. The number of hydrogen-bond acceptors (Lipinski definition) is 3. The summed E-state index contributed by atoms with van der Waals surface area (Å²) in [6.07, 6.45) is 0. The number of carbonyl (C=O) groups excluding carboxylic acids is 1. The van der Waals surface area contributed by atoms with E-state index in [4.69, 9.17) is 0 Å². The molecule has 0 radical (unpaired) electrons. The van der Waals surface area contributed by atoms with Gasteiger partial charge in [0.15, 0.2) is 5.82 Å². The Morgan fingerprint density at radius 1 is 1.18 bits per heavy atom. The zero-order chi connectivity index (χ0) is 15.3. The maximum Gasteiger partial charge on any atom is 0.270 e. The standard InChI is InChI=1S/C16H17N5O/c1-10-3-4-12-8-14(17-13(12)7-10)16(22)20-5-6-21-11(2)18-19-15(21)9-20/h3-4,7-8,17H,5-6,9H2,1-2H3. The van der Waals surface area contributed by atoms with Crippen LogP contribution >= 0.6 is 0 Å². The second kappa shape index (κ2) is 4.69. The fourth-order valence-corrected chi connectivity index (χ4v) is 3.00. The molecule has 6 nitrogen and oxygen atoms in total. The van der Waals surface area contributed by atoms with Gasteiger partial charge in [0.25, 0.3) is 5.91 Å². The topological polar surface area (TPSA) is 66.8 Å². The van der Waals surface area contributed by atoms with Gasteiger partial charge in [0.05, 0.1) is 6.54 Å². The molecule has 4 rings (SSSR count). The number of nitrogens with one attached hydrogen (secondary N) is 1. The quantitative estimate of drug-likeness (QED) is 0.747. The average molecular weight is 295 g/mol. The first kappa shape index (κ1) is 13.1. The van der Waals surface area contributed by atoms with Gasteiger partial charge in [-0.3, -0.25) is 4.79 Å². The molecule has 0 saturated carbocycles. The van der Waals surface area contributed by atoms with Gasteiger partial charge in [-0.1, -0.05) is 12.1 Å². The molecule has 0 saturated heterocycles. The second-order valence-electron chi connectivity index (χ2n) is 5.82. The summed E-state index contributed by atoms with van der Waals surface area (Å²) < 4.78 is 2.07. The summed E-state index contributed by atoms with van der Waals surface area (Å²) in [5, 5.41) is 9.28. The predicted molar refractivity (Wildman–Crippen MR) is 82.5 cm³/mol. The lowest BCUT2D eigenvalue weighted by Gasteiger charge is -2.27. The molecule has 0 spiro atoms. The number of nitrogens with zero attached hydrogens (tertiary/aromatic N) is 4. The van der Waals surface area contributed by atoms with Crippen molar-refractivity contribution < 1.29 is 4.79 Å². The molecule has 3 aromatic rings. The number of rotatable bonds is 1. The van der Waals surface area contributed by atoms with E-state index in [9.17, 15) is 4.79 Å². The largest absolute Gasteiger partial charge is 0.351 e. The van der Waals surface area contributed by atoms with Crippen molar-refractivity contribution in [1.29, 1.82) is 0 Å². The van der Waals surface area contributed by atoms with Gasteiger partial charge >= 0.3 is 0 Å². The van der Waals surface area contributed by atoms with Gasteiger partial charge in [0, 0.05) is 24.0 Å². The molecule has 1 amide bonds. The number of fused-ring (bicyclic) bond motifs is 2. The van der Waals surface area contributed by atoms with Gasteiger partial charge in [-0.15, -0.1) is 10.2 Å². The normalized spacial score (nSPS) is 14.4. The highest BCUT2D eigenvalue weighted by Crippen LogP contribution is 2.20. The Morgan fingerprint density at radius 2 is 2.05 bits per heavy atom. The molecular weight excluding hydrogens is 278 g/mol. The lowest BCUT2D eigenvalue weighted by Crippen LogP contribution is -2.38. The van der Waals surface area contributed by atoms with Crippen LogP contribution < -0.4 is 0 Å². The number of carbonyl (C=O) groups is 1. The number of aromatic amines is 1. The van der Waals surface area contributed by atoms with Gasteiger partial charge in [-0.2, -0.15) is 0 Å². The van der Waals surface area contributed by atoms with Crippen molar-refractivity contribution in [3.63, 3.8) is 0 Å². The Labute approximate surface area is 127 Å². The van der Waals surface area contributed by atoms with Crippen LogP contribution in [0.1, 0.15) is 27.7 Å². The maximum absolute atomic E-state index is 12.7. The van der Waals surface area contributed by atoms with Gasteiger partial charge in [-0.25, -0.2) is 0 Å². The highest BCUT2D eigenvalue weighted by molar-refractivity contribution is 5.98. The fraction of sp³-hybridized carbons (Fsp3) is 0.312. The van der Waals surface area contributed by atoms with Crippen LogP contribution in [0.15, 0.2) is 24.3 Å². The molecule has 1 aromatic carbocycles. The van der Waals surface area contributed by atoms with E-state index >= 15 is 0 Å². The highest BCUT2D eigenvalue weighted by atomic mass is 16.2. The van der Waals surface area contributed by atoms with Crippen LogP contribution in [0.5, 0.6) is 0 Å². The summed E-state index contributed by atoms with van der Waals surface area (Å²) in [5.41, 5.74) is 2.81. The van der Waals surface area contributed by atoms with E-state index in [0.717, 1.165) is 29.1 Å². The molecule has 1 N–H and O–H groups in total. The Hall–Kier alpha value is -2.63. The van der Waals surface area contributed by atoms with Gasteiger partial charge in [0.2, 0.25) is 0 Å². The second-order valence-corrected chi connectivity index (χ2v) is 5.82. The summed E-state index contributed by atoms with van der Waals surface area (Å²) in [6, 6.07) is 8.06. The number of aromatic nitrogens is 4. The lowest BCUT2D eigenvalue weighted by atomic mass is 10.2. The van der Waals surface area contributed by atoms with Crippen LogP contribution in [0.25, 0.3) is 10.9 Å². The number of H-pyrrole nitrogens is 1. The number of hydrogen-bond donors (Lipinski definition) is 1. The van der Waals surface area contributed by atoms with Crippen LogP contribution in [-0.2, 0) is 13.1 Å². The molecule has 1 aliphatic heterocycles. The number of aryl methyl sites for hydroxylation is 2. The summed E-state index contributed by atoms with van der Waals surface area (Å²) in [4.78, 5) is 17.8. The van der Waals surface area contributed by atoms with Crippen molar-refractivity contribution >= 4 is 16.8 Å². The maximum atomic E-state index is 12.7. The van der Waals surface area contributed by atoms with Gasteiger partial charge in [-0.05, 0) is 31.5 Å². The molecule has 0 atom stereocenters. The van der Waals surface area contributed by atoms with Crippen molar-refractivity contribution in [2.75, 3.05) is 6.54 Å². The molecule has 112 valence electrons. The number of benzene rings is 1. The molecule has 0 unspecified atom stereocenters. The Bertz CT molecular complexity index is 876. The average Bonchev–Trinajstić information content (AvgIpc) is 3.09. The molecule has 0 fully saturated rings. The van der Waals surface area contributed by atoms with E-state index in [-0.39, 0.29) is 5.91 Å². The molecule has 2 aromatic heterocycles. The van der Waals surface area contributed by atoms with E-state index in [1.165, 1.54) is 5.56 Å². The summed E-state index contributed by atoms with van der Waals surface area (Å²) in [5.74, 6) is 1.77. The van der Waals surface area contributed by atoms with Crippen LogP contribution in [0.4, 0.5) is 0 Å². The zero-order valence-electron chi connectivity index (χ0n) is 12.6. The number of amides is 1. The SMILES string of the molecule is Cc1ccc2cc(C(=O)N3CCn4c(C)nnc4C3)[nH]c2c1. The van der Waals surface area contributed by atoms with E-state index in [1.807, 2.05) is 30.9 Å². The van der Waals surface area contributed by atoms with E-state index < -0.39 is 0 Å². The predicted octanol–water partition coefficient (Wildman–Crippen LogP) is 2.03. The lowest BCUT2D eigenvalue weighted by molar-refractivity contribution is 0.0701. The van der Waals surface area contributed by atoms with Crippen molar-refractivity contribution in [3.8, 4) is 0 Å². The summed E-state index contributed by atoms with van der Waals surface area (Å²) in [6.45, 7) is 5.92. The molecule has 1 aliphatic rings. The summed E-state index contributed by atoms with van der Waals surface area (Å²) in [7, 11) is 0. The minimum absolute atomic E-state index is 0.0146. The molecule has 3 heterocycles. The molecular formula is C16H17N5O. The molecule has 0 aliphatic carbocycles. The third-order valence-corrected chi connectivity index (χ3v) is 4.23. The monoisotopic (exact) mass is 295 g/mol. The van der Waals surface area contributed by atoms with Crippen molar-refractivity contribution in [2.45, 2.75) is 26.9 Å². The van der Waals surface area contributed by atoms with Crippen LogP contribution in [0.3, 0.4) is 0 Å². The minimum atomic E-state index is 0.0146. The van der Waals surface area contributed by atoms with Crippen molar-refractivity contribution in [3.05, 3.63) is 47.2 Å². The van der Waals surface area contributed by atoms with E-state index in [0.29, 0.717) is 18.8 Å². The first-order chi connectivity index (χ1) is 10.6. The Kier molecular flexibility index (Phi) is 2.79. The minimum Gasteiger partial charge on any atom is -0.351 e. The van der Waals surface area contributed by atoms with Gasteiger partial charge in [0.1, 0.15) is 11.5 Å².